The molecular formula is C27H29ClN8O2. The van der Waals surface area contributed by atoms with Crippen molar-refractivity contribution in [3.05, 3.63) is 71.8 Å². The van der Waals surface area contributed by atoms with Crippen LogP contribution in [0, 0.1) is 0 Å². The lowest BCUT2D eigenvalue weighted by Crippen LogP contribution is -2.28. The number of hydrogen-bond donors (Lipinski definition) is 1. The molecule has 2 N–H and O–H groups in total. The van der Waals surface area contributed by atoms with Crippen LogP contribution in [0.15, 0.2) is 61.1 Å². The van der Waals surface area contributed by atoms with E-state index in [0.717, 1.165) is 17.7 Å². The zero-order valence-corrected chi connectivity index (χ0v) is 22.0. The number of nitrogen functional groups attached to an aromatic ring is 1. The third-order valence-corrected chi connectivity index (χ3v) is 6.67. The van der Waals surface area contributed by atoms with Gasteiger partial charge in [-0.1, -0.05) is 23.7 Å². The van der Waals surface area contributed by atoms with Crippen molar-refractivity contribution in [3.8, 4) is 17.0 Å². The Morgan fingerprint density at radius 2 is 2.11 bits per heavy atom. The number of halogens is 1. The van der Waals surface area contributed by atoms with Gasteiger partial charge in [0.05, 0.1) is 22.1 Å². The van der Waals surface area contributed by atoms with Gasteiger partial charge in [0.15, 0.2) is 5.65 Å². The Labute approximate surface area is 225 Å². The summed E-state index contributed by atoms with van der Waals surface area (Å²) in [5, 5.41) is 6.01. The van der Waals surface area contributed by atoms with E-state index in [2.05, 4.69) is 15.0 Å². The van der Waals surface area contributed by atoms with Gasteiger partial charge in [-0.3, -0.25) is 9.78 Å². The standard InChI is InChI=1S/C27H29ClN8O2/c1-34(2)12-5-7-23(37)35-13-10-20(15-35)36-27-24(26(29)31-17-32-27)25(33-36)18-8-9-22(21(28)14-18)38-16-19-6-3-4-11-30-19/h3-9,11,14,17,20H,10,12-13,15-16H2,1-2H3,(H2,29,31,32)/b7-5+/t20-/m1/s1. The number of aromatic nitrogens is 5. The minimum absolute atomic E-state index is 0.00625. The first-order valence-electron chi connectivity index (χ1n) is 12.3. The Hall–Kier alpha value is -4.02. The van der Waals surface area contributed by atoms with Gasteiger partial charge < -0.3 is 20.3 Å². The fourth-order valence-electron chi connectivity index (χ4n) is 4.46. The van der Waals surface area contributed by atoms with Crippen LogP contribution in [0.2, 0.25) is 5.02 Å². The lowest BCUT2D eigenvalue weighted by atomic mass is 10.1. The molecule has 38 heavy (non-hydrogen) atoms. The van der Waals surface area contributed by atoms with Gasteiger partial charge in [0, 0.05) is 37.5 Å². The molecule has 3 aromatic heterocycles. The molecule has 11 heteroatoms. The average Bonchev–Trinajstić information content (AvgIpc) is 3.54. The van der Waals surface area contributed by atoms with Gasteiger partial charge in [-0.2, -0.15) is 5.10 Å². The third-order valence-electron chi connectivity index (χ3n) is 6.38. The Morgan fingerprint density at radius 1 is 1.24 bits per heavy atom. The van der Waals surface area contributed by atoms with Crippen molar-refractivity contribution in [3.63, 3.8) is 0 Å². The molecule has 0 bridgehead atoms. The monoisotopic (exact) mass is 532 g/mol. The topological polar surface area (TPSA) is 115 Å². The van der Waals surface area contributed by atoms with Gasteiger partial charge in [0.25, 0.3) is 0 Å². The molecule has 10 nitrogen and oxygen atoms in total. The van der Waals surface area contributed by atoms with Gasteiger partial charge >= 0.3 is 0 Å². The molecule has 1 aromatic carbocycles. The van der Waals surface area contributed by atoms with Crippen LogP contribution in [0.1, 0.15) is 18.2 Å². The number of fused-ring (bicyclic) bond motifs is 1. The number of carbonyl (C=O) groups is 1. The average molecular weight is 533 g/mol. The first-order chi connectivity index (χ1) is 18.4. The van der Waals surface area contributed by atoms with Crippen molar-refractivity contribution < 1.29 is 9.53 Å². The van der Waals surface area contributed by atoms with Crippen LogP contribution >= 0.6 is 11.6 Å². The lowest BCUT2D eigenvalue weighted by Gasteiger charge is -2.15. The van der Waals surface area contributed by atoms with Gasteiger partial charge in [0.1, 0.15) is 30.2 Å². The summed E-state index contributed by atoms with van der Waals surface area (Å²) in [4.78, 5) is 29.5. The van der Waals surface area contributed by atoms with Gasteiger partial charge in [-0.25, -0.2) is 14.6 Å². The summed E-state index contributed by atoms with van der Waals surface area (Å²) in [5.41, 5.74) is 9.12. The summed E-state index contributed by atoms with van der Waals surface area (Å²) in [6.45, 7) is 2.19. The lowest BCUT2D eigenvalue weighted by molar-refractivity contribution is -0.125. The second-order valence-electron chi connectivity index (χ2n) is 9.40. The van der Waals surface area contributed by atoms with Crippen molar-refractivity contribution in [2.24, 2.45) is 0 Å². The Bertz CT molecular complexity index is 1470. The van der Waals surface area contributed by atoms with E-state index in [1.165, 1.54) is 6.33 Å². The highest BCUT2D eigenvalue weighted by molar-refractivity contribution is 6.32. The number of anilines is 1. The van der Waals surface area contributed by atoms with Crippen molar-refractivity contribution in [2.45, 2.75) is 19.1 Å². The summed E-state index contributed by atoms with van der Waals surface area (Å²) < 4.78 is 7.73. The van der Waals surface area contributed by atoms with Crippen LogP contribution in [0.5, 0.6) is 5.75 Å². The maximum atomic E-state index is 12.7. The summed E-state index contributed by atoms with van der Waals surface area (Å²) in [6, 6.07) is 11.1. The molecule has 1 saturated heterocycles. The number of likely N-dealkylation sites (tertiary alicyclic amines) is 1. The van der Waals surface area contributed by atoms with Crippen LogP contribution < -0.4 is 10.5 Å². The van der Waals surface area contributed by atoms with E-state index in [-0.39, 0.29) is 11.9 Å². The van der Waals surface area contributed by atoms with Crippen LogP contribution in [0.3, 0.4) is 0 Å². The zero-order valence-electron chi connectivity index (χ0n) is 21.3. The molecule has 1 aliphatic heterocycles. The number of ether oxygens (including phenoxy) is 1. The van der Waals surface area contributed by atoms with Crippen molar-refractivity contribution in [1.82, 2.24) is 34.5 Å². The van der Waals surface area contributed by atoms with Crippen LogP contribution in [-0.2, 0) is 11.4 Å². The molecule has 1 atom stereocenters. The van der Waals surface area contributed by atoms with Crippen LogP contribution in [-0.4, -0.2) is 74.2 Å². The van der Waals surface area contributed by atoms with Gasteiger partial charge in [0.2, 0.25) is 5.91 Å². The predicted molar refractivity (Wildman–Crippen MR) is 147 cm³/mol. The normalized spacial score (nSPS) is 15.7. The number of benzene rings is 1. The Kier molecular flexibility index (Phi) is 7.52. The maximum absolute atomic E-state index is 12.7. The third kappa shape index (κ3) is 5.46. The molecule has 0 saturated carbocycles. The molecule has 0 aliphatic carbocycles. The zero-order chi connectivity index (χ0) is 26.6. The van der Waals surface area contributed by atoms with E-state index in [0.29, 0.717) is 59.6 Å². The van der Waals surface area contributed by atoms with E-state index in [9.17, 15) is 4.79 Å². The molecule has 0 unspecified atom stereocenters. The van der Waals surface area contributed by atoms with Crippen molar-refractivity contribution in [1.29, 1.82) is 0 Å². The first-order valence-corrected chi connectivity index (χ1v) is 12.7. The van der Waals surface area contributed by atoms with Gasteiger partial charge in [-0.15, -0.1) is 0 Å². The van der Waals surface area contributed by atoms with Crippen LogP contribution in [0.4, 0.5) is 5.82 Å². The number of nitrogens with two attached hydrogens (primary N) is 1. The second-order valence-corrected chi connectivity index (χ2v) is 9.80. The molecule has 0 spiro atoms. The van der Waals surface area contributed by atoms with E-state index < -0.39 is 0 Å². The molecule has 0 radical (unpaired) electrons. The second kappa shape index (κ2) is 11.2. The quantitative estimate of drug-likeness (QED) is 0.342. The molecule has 196 valence electrons. The maximum Gasteiger partial charge on any atom is 0.246 e. The number of nitrogens with zero attached hydrogens (tertiary/aromatic N) is 7. The highest BCUT2D eigenvalue weighted by Crippen LogP contribution is 2.37. The molecule has 5 rings (SSSR count). The number of pyridine rings is 1. The molecule has 1 amide bonds. The minimum atomic E-state index is -0.0387. The van der Waals surface area contributed by atoms with E-state index >= 15 is 0 Å². The Balaban J connectivity index is 1.40. The summed E-state index contributed by atoms with van der Waals surface area (Å²) >= 11 is 6.59. The summed E-state index contributed by atoms with van der Waals surface area (Å²) in [5.74, 6) is 0.870. The summed E-state index contributed by atoms with van der Waals surface area (Å²) in [7, 11) is 3.93. The van der Waals surface area contributed by atoms with E-state index in [1.54, 1.807) is 18.3 Å². The molecular weight excluding hydrogens is 504 g/mol. The SMILES string of the molecule is CN(C)C/C=C/C(=O)N1CC[C@@H](n2nc(-c3ccc(OCc4ccccn4)c(Cl)c3)c3c(N)ncnc32)C1. The molecule has 4 heterocycles. The number of amides is 1. The molecule has 1 aliphatic rings. The van der Waals surface area contributed by atoms with Crippen LogP contribution in [0.25, 0.3) is 22.3 Å². The highest BCUT2D eigenvalue weighted by Gasteiger charge is 2.30. The fraction of sp³-hybridized carbons (Fsp3) is 0.296. The molecule has 1 fully saturated rings. The van der Waals surface area contributed by atoms with Gasteiger partial charge in [-0.05, 0) is 50.8 Å². The Morgan fingerprint density at radius 3 is 2.87 bits per heavy atom. The number of hydrogen-bond acceptors (Lipinski definition) is 8. The van der Waals surface area contributed by atoms with E-state index in [4.69, 9.17) is 27.2 Å². The molecule has 4 aromatic rings. The number of rotatable bonds is 8. The number of carbonyl (C=O) groups excluding carboxylic acids is 1. The fourth-order valence-corrected chi connectivity index (χ4v) is 4.70. The van der Waals surface area contributed by atoms with E-state index in [1.807, 2.05) is 65.0 Å². The van der Waals surface area contributed by atoms with Crippen molar-refractivity contribution >= 4 is 34.4 Å². The summed E-state index contributed by atoms with van der Waals surface area (Å²) in [6.07, 6.45) is 7.42. The largest absolute Gasteiger partial charge is 0.486 e. The first kappa shape index (κ1) is 25.6. The minimum Gasteiger partial charge on any atom is -0.486 e. The number of likely N-dealkylation sites (N-methyl/N-ethyl adjacent to an activating group) is 1. The highest BCUT2D eigenvalue weighted by atomic mass is 35.5. The predicted octanol–water partition coefficient (Wildman–Crippen LogP) is 3.59. The smallest absolute Gasteiger partial charge is 0.246 e. The van der Waals surface area contributed by atoms with Crippen molar-refractivity contribution in [2.75, 3.05) is 39.5 Å².